The molecule has 0 atom stereocenters. The molecule has 4 aromatic rings. The van der Waals surface area contributed by atoms with Crippen molar-refractivity contribution in [1.82, 2.24) is 19.9 Å². The number of ether oxygens (including phenoxy) is 2. The minimum Gasteiger partial charge on any atom is -0.396 e. The number of halogens is 3. The number of nitrogens with zero attached hydrogens (tertiary/aromatic N) is 3. The lowest BCUT2D eigenvalue weighted by Crippen LogP contribution is -2.29. The molecule has 0 aliphatic carbocycles. The van der Waals surface area contributed by atoms with Crippen LogP contribution in [0.2, 0.25) is 0 Å². The fraction of sp³-hybridized carbons (Fsp3) is 0.208. The van der Waals surface area contributed by atoms with E-state index in [2.05, 4.69) is 25.3 Å². The van der Waals surface area contributed by atoms with Crippen LogP contribution in [0.15, 0.2) is 54.7 Å². The number of aromatic amines is 1. The molecule has 2 aromatic carbocycles. The summed E-state index contributed by atoms with van der Waals surface area (Å²) < 4.78 is 51.8. The van der Waals surface area contributed by atoms with Crippen molar-refractivity contribution in [2.45, 2.75) is 6.29 Å². The van der Waals surface area contributed by atoms with Gasteiger partial charge in [-0.3, -0.25) is 0 Å². The fourth-order valence-corrected chi connectivity index (χ4v) is 3.57. The zero-order chi connectivity index (χ0) is 24.4. The van der Waals surface area contributed by atoms with Crippen molar-refractivity contribution in [1.29, 1.82) is 0 Å². The number of rotatable bonds is 6. The number of aliphatic hydroxyl groups excluding tert-OH is 1. The molecule has 11 heteroatoms. The summed E-state index contributed by atoms with van der Waals surface area (Å²) in [5.41, 5.74) is 2.31. The molecule has 0 saturated carbocycles. The van der Waals surface area contributed by atoms with Gasteiger partial charge in [-0.15, -0.1) is 0 Å². The van der Waals surface area contributed by atoms with Crippen LogP contribution in [-0.2, 0) is 9.47 Å². The first-order valence-corrected chi connectivity index (χ1v) is 10.8. The lowest BCUT2D eigenvalue weighted by molar-refractivity contribution is -0.213. The summed E-state index contributed by atoms with van der Waals surface area (Å²) in [6, 6.07) is 10.8. The number of anilines is 2. The summed E-state index contributed by atoms with van der Waals surface area (Å²) in [6.45, 7) is 0.559. The monoisotopic (exact) mass is 483 g/mol. The van der Waals surface area contributed by atoms with Gasteiger partial charge in [-0.1, -0.05) is 0 Å². The molecule has 1 fully saturated rings. The molecular weight excluding hydrogens is 463 g/mol. The van der Waals surface area contributed by atoms with Gasteiger partial charge < -0.3 is 24.9 Å². The number of aliphatic hydroxyl groups is 1. The van der Waals surface area contributed by atoms with Gasteiger partial charge in [0.25, 0.3) is 0 Å². The van der Waals surface area contributed by atoms with Gasteiger partial charge in [0.15, 0.2) is 17.5 Å². The van der Waals surface area contributed by atoms with Crippen LogP contribution in [0.3, 0.4) is 0 Å². The maximum atomic E-state index is 13.6. The second-order valence-electron chi connectivity index (χ2n) is 7.92. The maximum Gasteiger partial charge on any atom is 0.227 e. The summed E-state index contributed by atoms with van der Waals surface area (Å²) in [7, 11) is 0. The molecule has 1 saturated heterocycles. The third-order valence-corrected chi connectivity index (χ3v) is 5.38. The van der Waals surface area contributed by atoms with E-state index in [0.29, 0.717) is 41.7 Å². The number of imidazole rings is 1. The molecule has 0 radical (unpaired) electrons. The zero-order valence-electron chi connectivity index (χ0n) is 18.2. The molecule has 180 valence electrons. The normalized spacial score (nSPS) is 17.9. The van der Waals surface area contributed by atoms with Crippen molar-refractivity contribution >= 4 is 11.6 Å². The Balaban J connectivity index is 1.50. The Kier molecular flexibility index (Phi) is 6.45. The Morgan fingerprint density at radius 1 is 0.971 bits per heavy atom. The molecule has 0 spiro atoms. The topological polar surface area (TPSA) is 105 Å². The average Bonchev–Trinajstić information content (AvgIpc) is 3.32. The van der Waals surface area contributed by atoms with Crippen molar-refractivity contribution in [3.8, 4) is 22.6 Å². The van der Waals surface area contributed by atoms with Crippen LogP contribution in [0.4, 0.5) is 24.8 Å². The average molecular weight is 483 g/mol. The van der Waals surface area contributed by atoms with Crippen LogP contribution in [0.25, 0.3) is 22.6 Å². The van der Waals surface area contributed by atoms with E-state index in [9.17, 15) is 18.3 Å². The number of nitrogens with one attached hydrogen (secondary N) is 2. The molecule has 2 aromatic heterocycles. The lowest BCUT2D eigenvalue weighted by Gasteiger charge is -2.26. The van der Waals surface area contributed by atoms with Crippen molar-refractivity contribution in [3.63, 3.8) is 0 Å². The van der Waals surface area contributed by atoms with Crippen molar-refractivity contribution in [3.05, 3.63) is 78.0 Å². The molecule has 1 aliphatic rings. The summed E-state index contributed by atoms with van der Waals surface area (Å²) in [4.78, 5) is 16.4. The third kappa shape index (κ3) is 5.02. The Morgan fingerprint density at radius 3 is 2.46 bits per heavy atom. The summed E-state index contributed by atoms with van der Waals surface area (Å²) in [5, 5.41) is 12.1. The van der Waals surface area contributed by atoms with E-state index in [1.165, 1.54) is 24.4 Å². The Labute approximate surface area is 197 Å². The molecular formula is C24H20F3N5O3. The predicted molar refractivity (Wildman–Crippen MR) is 120 cm³/mol. The first-order chi connectivity index (χ1) is 17.0. The van der Waals surface area contributed by atoms with Crippen molar-refractivity contribution in [2.24, 2.45) is 5.92 Å². The zero-order valence-corrected chi connectivity index (χ0v) is 18.2. The van der Waals surface area contributed by atoms with E-state index in [0.717, 1.165) is 12.1 Å². The summed E-state index contributed by atoms with van der Waals surface area (Å²) in [6.07, 6.45) is 0.714. The van der Waals surface area contributed by atoms with Crippen LogP contribution >= 0.6 is 0 Å². The number of hydrogen-bond acceptors (Lipinski definition) is 7. The molecule has 35 heavy (non-hydrogen) atoms. The van der Waals surface area contributed by atoms with Crippen LogP contribution in [0, 0.1) is 23.4 Å². The van der Waals surface area contributed by atoms with Gasteiger partial charge in [0.2, 0.25) is 12.2 Å². The predicted octanol–water partition coefficient (Wildman–Crippen LogP) is 4.35. The van der Waals surface area contributed by atoms with Crippen molar-refractivity contribution < 1.29 is 27.8 Å². The fourth-order valence-electron chi connectivity index (χ4n) is 3.57. The standard InChI is InChI=1S/C24H20F3N5O3/c25-15-3-1-14(2-4-15)20-21(32-22(31-20)23-34-11-13(10-33)12-35-23)19-7-8-28-24(30-19)29-16-5-6-17(26)18(27)9-16/h1-9,13,23,33H,10-12H2,(H,31,32)(H,28,29,30). The third-order valence-electron chi connectivity index (χ3n) is 5.38. The van der Waals surface area contributed by atoms with E-state index in [-0.39, 0.29) is 30.0 Å². The number of benzene rings is 2. The maximum absolute atomic E-state index is 13.6. The lowest BCUT2D eigenvalue weighted by atomic mass is 10.1. The van der Waals surface area contributed by atoms with E-state index in [4.69, 9.17) is 9.47 Å². The molecule has 8 nitrogen and oxygen atoms in total. The van der Waals surface area contributed by atoms with E-state index >= 15 is 0 Å². The minimum absolute atomic E-state index is 0.0500. The molecule has 0 bridgehead atoms. The molecule has 0 amide bonds. The number of aromatic nitrogens is 4. The highest BCUT2D eigenvalue weighted by Gasteiger charge is 2.27. The van der Waals surface area contributed by atoms with E-state index < -0.39 is 17.9 Å². The number of H-pyrrole nitrogens is 1. The number of hydrogen-bond donors (Lipinski definition) is 3. The largest absolute Gasteiger partial charge is 0.396 e. The SMILES string of the molecule is OCC1COC(c2nc(-c3ccc(F)cc3)c(-c3ccnc(Nc4ccc(F)c(F)c4)n3)[nH]2)OC1. The molecule has 3 heterocycles. The van der Waals surface area contributed by atoms with Crippen LogP contribution in [0.1, 0.15) is 12.1 Å². The second kappa shape index (κ2) is 9.82. The van der Waals surface area contributed by atoms with Gasteiger partial charge >= 0.3 is 0 Å². The van der Waals surface area contributed by atoms with Gasteiger partial charge in [0.1, 0.15) is 5.82 Å². The van der Waals surface area contributed by atoms with E-state index in [1.54, 1.807) is 18.2 Å². The first-order valence-electron chi connectivity index (χ1n) is 10.8. The van der Waals surface area contributed by atoms with Crippen LogP contribution in [-0.4, -0.2) is 44.9 Å². The molecule has 1 aliphatic heterocycles. The van der Waals surface area contributed by atoms with Crippen LogP contribution in [0.5, 0.6) is 0 Å². The molecule has 3 N–H and O–H groups in total. The van der Waals surface area contributed by atoms with Gasteiger partial charge in [0.05, 0.1) is 36.9 Å². The van der Waals surface area contributed by atoms with Crippen molar-refractivity contribution in [2.75, 3.05) is 25.1 Å². The van der Waals surface area contributed by atoms with Gasteiger partial charge in [0, 0.05) is 29.4 Å². The van der Waals surface area contributed by atoms with Crippen LogP contribution < -0.4 is 5.32 Å². The highest BCUT2D eigenvalue weighted by atomic mass is 19.2. The minimum atomic E-state index is -1.00. The van der Waals surface area contributed by atoms with Gasteiger partial charge in [-0.2, -0.15) is 0 Å². The second-order valence-corrected chi connectivity index (χ2v) is 7.92. The van der Waals surface area contributed by atoms with Gasteiger partial charge in [-0.05, 0) is 42.5 Å². The van der Waals surface area contributed by atoms with Gasteiger partial charge in [-0.25, -0.2) is 28.1 Å². The quantitative estimate of drug-likeness (QED) is 0.375. The highest BCUT2D eigenvalue weighted by molar-refractivity contribution is 5.77. The van der Waals surface area contributed by atoms with E-state index in [1.807, 2.05) is 0 Å². The first kappa shape index (κ1) is 23.0. The Bertz CT molecular complexity index is 1320. The highest BCUT2D eigenvalue weighted by Crippen LogP contribution is 2.33. The molecule has 0 unspecified atom stereocenters. The Hall–Kier alpha value is -3.80. The smallest absolute Gasteiger partial charge is 0.227 e. The molecule has 5 rings (SSSR count). The summed E-state index contributed by atoms with van der Waals surface area (Å²) >= 11 is 0. The summed E-state index contributed by atoms with van der Waals surface area (Å²) in [5.74, 6) is -1.95. The Morgan fingerprint density at radius 2 is 1.74 bits per heavy atom.